The van der Waals surface area contributed by atoms with Crippen molar-refractivity contribution in [2.45, 2.75) is 42.1 Å². The number of ether oxygens (including phenoxy) is 1. The Kier molecular flexibility index (Phi) is 7.73. The van der Waals surface area contributed by atoms with Gasteiger partial charge in [-0.3, -0.25) is 4.55 Å². The summed E-state index contributed by atoms with van der Waals surface area (Å²) in [6.07, 6.45) is -7.99. The molecule has 0 saturated carbocycles. The largest absolute Gasteiger partial charge is 0.390 e. The van der Waals surface area contributed by atoms with Crippen LogP contribution in [0.3, 0.4) is 0 Å². The molecule has 170 valence electrons. The van der Waals surface area contributed by atoms with E-state index in [0.29, 0.717) is 0 Å². The van der Waals surface area contributed by atoms with Crippen molar-refractivity contribution in [2.24, 2.45) is 0 Å². The minimum atomic E-state index is -7.71. The van der Waals surface area contributed by atoms with E-state index in [1.54, 1.807) is 0 Å². The third kappa shape index (κ3) is 5.12. The molecule has 18 heteroatoms. The van der Waals surface area contributed by atoms with Crippen LogP contribution in [0.25, 0.3) is 0 Å². The number of alkyl halides is 12. The zero-order valence-electron chi connectivity index (χ0n) is 12.8. The number of aliphatic hydroxyl groups is 1. The summed E-state index contributed by atoms with van der Waals surface area (Å²) < 4.78 is 186. The molecular formula is C10H10F12O5S. The first-order valence-electron chi connectivity index (χ1n) is 6.43. The summed E-state index contributed by atoms with van der Waals surface area (Å²) in [4.78, 5) is 0. The fraction of sp³-hybridized carbons (Fsp3) is 1.00. The summed E-state index contributed by atoms with van der Waals surface area (Å²) in [5.41, 5.74) is 0. The fourth-order valence-electron chi connectivity index (χ4n) is 1.48. The molecule has 0 radical (unpaired) electrons. The Morgan fingerprint density at radius 3 is 1.61 bits per heavy atom. The van der Waals surface area contributed by atoms with Gasteiger partial charge in [-0.25, -0.2) is 8.78 Å². The number of hydrogen-bond donors (Lipinski definition) is 2. The highest BCUT2D eigenvalue weighted by molar-refractivity contribution is 7.85. The molecule has 0 rings (SSSR count). The Hall–Kier alpha value is -1.01. The molecule has 0 aliphatic heterocycles. The Morgan fingerprint density at radius 2 is 1.25 bits per heavy atom. The van der Waals surface area contributed by atoms with Crippen LogP contribution in [0.4, 0.5) is 52.7 Å². The smallest absolute Gasteiger partial charge is 0.384 e. The van der Waals surface area contributed by atoms with Crippen molar-refractivity contribution in [1.29, 1.82) is 0 Å². The average molecular weight is 470 g/mol. The highest BCUT2D eigenvalue weighted by atomic mass is 32.2. The topological polar surface area (TPSA) is 83.8 Å². The third-order valence-corrected chi connectivity index (χ3v) is 3.74. The molecule has 2 N–H and O–H groups in total. The van der Waals surface area contributed by atoms with E-state index in [1.165, 1.54) is 0 Å². The SMILES string of the molecule is O=S(=O)(O)CC(O)COCC(F)(F)C(F)(F)C(F)(F)C(F)(F)C(F)(F)C(F)F. The van der Waals surface area contributed by atoms with Gasteiger partial charge in [0.1, 0.15) is 12.4 Å². The summed E-state index contributed by atoms with van der Waals surface area (Å²) in [7, 11) is -4.92. The van der Waals surface area contributed by atoms with Crippen molar-refractivity contribution in [3.63, 3.8) is 0 Å². The normalized spacial score (nSPS) is 16.5. The summed E-state index contributed by atoms with van der Waals surface area (Å²) in [5.74, 6) is -37.8. The van der Waals surface area contributed by atoms with Crippen molar-refractivity contribution < 1.29 is 75.5 Å². The standard InChI is InChI=1S/C10H10F12O5S/c11-5(12)7(15,16)9(19,20)10(21,22)8(17,18)6(13,14)3-27-1-4(23)2-28(24,25)26/h4-5,23H,1-3H2,(H,24,25,26). The summed E-state index contributed by atoms with van der Waals surface area (Å²) >= 11 is 0. The van der Waals surface area contributed by atoms with E-state index in [1.807, 2.05) is 0 Å². The summed E-state index contributed by atoms with van der Waals surface area (Å²) in [6.45, 7) is -4.59. The molecule has 1 atom stereocenters. The van der Waals surface area contributed by atoms with Gasteiger partial charge < -0.3 is 9.84 Å². The molecule has 0 aromatic rings. The summed E-state index contributed by atoms with van der Waals surface area (Å²) in [6, 6.07) is 0. The van der Waals surface area contributed by atoms with Crippen LogP contribution in [0.15, 0.2) is 0 Å². The van der Waals surface area contributed by atoms with Crippen LogP contribution in [0.1, 0.15) is 0 Å². The van der Waals surface area contributed by atoms with Gasteiger partial charge in [0.25, 0.3) is 10.1 Å². The zero-order valence-corrected chi connectivity index (χ0v) is 13.7. The highest BCUT2D eigenvalue weighted by Gasteiger charge is 2.87. The van der Waals surface area contributed by atoms with Crippen LogP contribution >= 0.6 is 0 Å². The number of aliphatic hydroxyl groups excluding tert-OH is 1. The first kappa shape index (κ1) is 27.0. The van der Waals surface area contributed by atoms with Crippen molar-refractivity contribution >= 4 is 10.1 Å². The lowest BCUT2D eigenvalue weighted by atomic mass is 9.94. The maximum Gasteiger partial charge on any atom is 0.384 e. The van der Waals surface area contributed by atoms with Crippen molar-refractivity contribution in [1.82, 2.24) is 0 Å². The van der Waals surface area contributed by atoms with E-state index in [-0.39, 0.29) is 0 Å². The second-order valence-corrected chi connectivity index (χ2v) is 6.77. The van der Waals surface area contributed by atoms with E-state index in [2.05, 4.69) is 4.74 Å². The lowest BCUT2D eigenvalue weighted by molar-refractivity contribution is -0.415. The molecule has 1 unspecified atom stereocenters. The van der Waals surface area contributed by atoms with E-state index in [4.69, 9.17) is 9.66 Å². The molecule has 0 aromatic carbocycles. The molecule has 28 heavy (non-hydrogen) atoms. The first-order chi connectivity index (χ1) is 12.0. The molecule has 0 aliphatic carbocycles. The van der Waals surface area contributed by atoms with Crippen LogP contribution in [-0.2, 0) is 14.9 Å². The van der Waals surface area contributed by atoms with Gasteiger partial charge in [0.2, 0.25) is 0 Å². The lowest BCUT2D eigenvalue weighted by Gasteiger charge is -2.39. The second kappa shape index (κ2) is 8.02. The van der Waals surface area contributed by atoms with Gasteiger partial charge in [0.05, 0.1) is 12.7 Å². The third-order valence-electron chi connectivity index (χ3n) is 2.94. The highest BCUT2D eigenvalue weighted by Crippen LogP contribution is 2.58. The molecule has 5 nitrogen and oxygen atoms in total. The summed E-state index contributed by atoms with van der Waals surface area (Å²) in [5, 5.41) is 8.89. The molecule has 0 amide bonds. The van der Waals surface area contributed by atoms with Gasteiger partial charge in [-0.05, 0) is 0 Å². The van der Waals surface area contributed by atoms with Crippen LogP contribution in [0.2, 0.25) is 0 Å². The van der Waals surface area contributed by atoms with E-state index >= 15 is 0 Å². The molecular weight excluding hydrogens is 460 g/mol. The van der Waals surface area contributed by atoms with Gasteiger partial charge in [-0.2, -0.15) is 52.3 Å². The number of halogens is 12. The average Bonchev–Trinajstić information content (AvgIpc) is 2.43. The van der Waals surface area contributed by atoms with Gasteiger partial charge in [-0.1, -0.05) is 0 Å². The van der Waals surface area contributed by atoms with Crippen LogP contribution < -0.4 is 0 Å². The molecule has 0 aliphatic rings. The Morgan fingerprint density at radius 1 is 0.821 bits per heavy atom. The maximum absolute atomic E-state index is 13.2. The van der Waals surface area contributed by atoms with Gasteiger partial charge in [0, 0.05) is 0 Å². The predicted octanol–water partition coefficient (Wildman–Crippen LogP) is 2.69. The van der Waals surface area contributed by atoms with Crippen LogP contribution in [0.5, 0.6) is 0 Å². The van der Waals surface area contributed by atoms with E-state index in [0.717, 1.165) is 0 Å². The van der Waals surface area contributed by atoms with E-state index in [9.17, 15) is 61.1 Å². The number of rotatable bonds is 11. The fourth-order valence-corrected chi connectivity index (χ4v) is 2.06. The monoisotopic (exact) mass is 470 g/mol. The lowest BCUT2D eigenvalue weighted by Crippen LogP contribution is -2.69. The molecule has 0 aromatic heterocycles. The van der Waals surface area contributed by atoms with E-state index < -0.39 is 71.2 Å². The molecule has 0 heterocycles. The first-order valence-corrected chi connectivity index (χ1v) is 8.03. The Labute approximate surface area is 148 Å². The van der Waals surface area contributed by atoms with Crippen molar-refractivity contribution in [3.8, 4) is 0 Å². The molecule has 0 spiro atoms. The minimum absolute atomic E-state index is 1.59. The zero-order chi connectivity index (χ0) is 23.0. The molecule has 0 saturated heterocycles. The van der Waals surface area contributed by atoms with Crippen molar-refractivity contribution in [3.05, 3.63) is 0 Å². The van der Waals surface area contributed by atoms with Gasteiger partial charge >= 0.3 is 36.0 Å². The molecule has 0 fully saturated rings. The maximum atomic E-state index is 13.2. The minimum Gasteiger partial charge on any atom is -0.390 e. The predicted molar refractivity (Wildman–Crippen MR) is 64.0 cm³/mol. The van der Waals surface area contributed by atoms with Crippen molar-refractivity contribution in [2.75, 3.05) is 19.0 Å². The Balaban J connectivity index is 5.52. The van der Waals surface area contributed by atoms with Crippen LogP contribution in [-0.4, -0.2) is 79.2 Å². The quantitative estimate of drug-likeness (QED) is 0.359. The Bertz CT molecular complexity index is 635. The van der Waals surface area contributed by atoms with Gasteiger partial charge in [0.15, 0.2) is 0 Å². The number of hydrogen-bond acceptors (Lipinski definition) is 4. The molecule has 0 bridgehead atoms. The van der Waals surface area contributed by atoms with Crippen LogP contribution in [0, 0.1) is 0 Å². The van der Waals surface area contributed by atoms with Gasteiger partial charge in [-0.15, -0.1) is 0 Å². The second-order valence-electron chi connectivity index (χ2n) is 5.27.